The van der Waals surface area contributed by atoms with Crippen LogP contribution in [-0.2, 0) is 11.3 Å². The number of nitrogens with zero attached hydrogens (tertiary/aromatic N) is 5. The summed E-state index contributed by atoms with van der Waals surface area (Å²) in [7, 11) is 0. The maximum atomic E-state index is 12.6. The highest BCUT2D eigenvalue weighted by molar-refractivity contribution is 5.79. The van der Waals surface area contributed by atoms with Gasteiger partial charge in [-0.3, -0.25) is 4.79 Å². The average Bonchev–Trinajstić information content (AvgIpc) is 3.27. The Labute approximate surface area is 157 Å². The number of amides is 1. The first-order valence-electron chi connectivity index (χ1n) is 9.44. The van der Waals surface area contributed by atoms with Crippen LogP contribution in [0.1, 0.15) is 24.8 Å². The van der Waals surface area contributed by atoms with Crippen molar-refractivity contribution < 1.29 is 4.79 Å². The molecule has 1 spiro atoms. The van der Waals surface area contributed by atoms with Crippen molar-refractivity contribution in [3.8, 4) is 0 Å². The molecule has 2 fully saturated rings. The summed E-state index contributed by atoms with van der Waals surface area (Å²) < 4.78 is 0. The average molecular weight is 362 g/mol. The first-order chi connectivity index (χ1) is 13.2. The van der Waals surface area contributed by atoms with Gasteiger partial charge >= 0.3 is 0 Å². The summed E-state index contributed by atoms with van der Waals surface area (Å²) in [5, 5.41) is 0. The monoisotopic (exact) mass is 362 g/mol. The number of rotatable bonds is 3. The van der Waals surface area contributed by atoms with E-state index in [1.54, 1.807) is 12.5 Å². The zero-order chi connectivity index (χ0) is 18.3. The summed E-state index contributed by atoms with van der Waals surface area (Å²) in [6, 6.07) is 10.2. The van der Waals surface area contributed by atoms with Crippen molar-refractivity contribution in [1.29, 1.82) is 0 Å². The Morgan fingerprint density at radius 1 is 1.11 bits per heavy atom. The Morgan fingerprint density at radius 3 is 2.74 bits per heavy atom. The molecule has 3 aromatic rings. The second-order valence-electron chi connectivity index (χ2n) is 7.71. The van der Waals surface area contributed by atoms with E-state index in [4.69, 9.17) is 0 Å². The lowest BCUT2D eigenvalue weighted by Crippen LogP contribution is -2.42. The number of aromatic amines is 1. The minimum Gasteiger partial charge on any atom is -0.342 e. The maximum absolute atomic E-state index is 12.6. The van der Waals surface area contributed by atoms with Crippen LogP contribution in [0.3, 0.4) is 0 Å². The molecule has 138 valence electrons. The smallest absolute Gasteiger partial charge is 0.227 e. The molecule has 4 heterocycles. The van der Waals surface area contributed by atoms with Crippen molar-refractivity contribution in [2.75, 3.05) is 24.5 Å². The van der Waals surface area contributed by atoms with E-state index >= 15 is 0 Å². The SMILES string of the molecule is O=C1CC2(CCN(c3ncc4[nH]cnc4n3)CC2)CN1Cc1ccccc1. The van der Waals surface area contributed by atoms with Gasteiger partial charge in [-0.2, -0.15) is 4.98 Å². The molecule has 1 N–H and O–H groups in total. The van der Waals surface area contributed by atoms with Crippen LogP contribution in [0, 0.1) is 5.41 Å². The predicted octanol–water partition coefficient (Wildman–Crippen LogP) is 2.37. The van der Waals surface area contributed by atoms with Crippen LogP contribution in [0.2, 0.25) is 0 Å². The van der Waals surface area contributed by atoms with Crippen LogP contribution in [0.25, 0.3) is 11.2 Å². The molecule has 0 saturated carbocycles. The van der Waals surface area contributed by atoms with Crippen LogP contribution >= 0.6 is 0 Å². The van der Waals surface area contributed by atoms with Gasteiger partial charge < -0.3 is 14.8 Å². The fourth-order valence-electron chi connectivity index (χ4n) is 4.32. The fraction of sp³-hybridized carbons (Fsp3) is 0.400. The van der Waals surface area contributed by atoms with Gasteiger partial charge in [0.15, 0.2) is 5.65 Å². The van der Waals surface area contributed by atoms with E-state index in [2.05, 4.69) is 37.0 Å². The topological polar surface area (TPSA) is 78.0 Å². The molecule has 2 aliphatic heterocycles. The normalized spacial score (nSPS) is 19.3. The van der Waals surface area contributed by atoms with Crippen LogP contribution in [0.4, 0.5) is 5.95 Å². The number of H-pyrrole nitrogens is 1. The number of carbonyl (C=O) groups excluding carboxylic acids is 1. The van der Waals surface area contributed by atoms with Gasteiger partial charge in [0.1, 0.15) is 5.52 Å². The highest BCUT2D eigenvalue weighted by Crippen LogP contribution is 2.42. The highest BCUT2D eigenvalue weighted by atomic mass is 16.2. The molecular formula is C20H22N6O. The Morgan fingerprint density at radius 2 is 1.93 bits per heavy atom. The third-order valence-corrected chi connectivity index (χ3v) is 5.89. The van der Waals surface area contributed by atoms with Gasteiger partial charge in [-0.05, 0) is 18.4 Å². The molecule has 1 aromatic carbocycles. The second kappa shape index (κ2) is 6.33. The van der Waals surface area contributed by atoms with Crippen LogP contribution in [0.5, 0.6) is 0 Å². The Bertz CT molecular complexity index is 961. The minimum absolute atomic E-state index is 0.0960. The second-order valence-corrected chi connectivity index (χ2v) is 7.71. The highest BCUT2D eigenvalue weighted by Gasteiger charge is 2.45. The minimum atomic E-state index is 0.0960. The van der Waals surface area contributed by atoms with Crippen molar-refractivity contribution >= 4 is 23.0 Å². The summed E-state index contributed by atoms with van der Waals surface area (Å²) in [6.07, 6.45) is 6.07. The summed E-state index contributed by atoms with van der Waals surface area (Å²) in [5.74, 6) is 1.01. The fourth-order valence-corrected chi connectivity index (χ4v) is 4.32. The third-order valence-electron chi connectivity index (χ3n) is 5.89. The third kappa shape index (κ3) is 3.03. The number of aromatic nitrogens is 4. The predicted molar refractivity (Wildman–Crippen MR) is 102 cm³/mol. The van der Waals surface area contributed by atoms with Gasteiger partial charge in [0.25, 0.3) is 0 Å². The number of piperidine rings is 1. The summed E-state index contributed by atoms with van der Waals surface area (Å²) in [4.78, 5) is 33.1. The molecular weight excluding hydrogens is 340 g/mol. The van der Waals surface area contributed by atoms with Gasteiger partial charge in [-0.15, -0.1) is 0 Å². The van der Waals surface area contributed by atoms with E-state index in [-0.39, 0.29) is 11.3 Å². The number of likely N-dealkylation sites (tertiary alicyclic amines) is 1. The number of fused-ring (bicyclic) bond motifs is 1. The Kier molecular flexibility index (Phi) is 3.81. The molecule has 27 heavy (non-hydrogen) atoms. The summed E-state index contributed by atoms with van der Waals surface area (Å²) in [6.45, 7) is 3.32. The molecule has 0 unspecified atom stereocenters. The number of benzene rings is 1. The van der Waals surface area contributed by atoms with Gasteiger partial charge in [-0.1, -0.05) is 30.3 Å². The molecule has 1 amide bonds. The number of nitrogens with one attached hydrogen (secondary N) is 1. The molecule has 5 rings (SSSR count). The first kappa shape index (κ1) is 16.2. The first-order valence-corrected chi connectivity index (χ1v) is 9.44. The van der Waals surface area contributed by atoms with Gasteiger partial charge in [0.05, 0.1) is 12.5 Å². The van der Waals surface area contributed by atoms with Gasteiger partial charge in [-0.25, -0.2) is 9.97 Å². The molecule has 0 aliphatic carbocycles. The standard InChI is InChI=1S/C20H22N6O/c27-17-10-20(13-26(17)12-15-4-2-1-3-5-15)6-8-25(9-7-20)19-21-11-16-18(24-19)23-14-22-16/h1-5,11,14H,6-10,12-13H2,(H,21,22,23,24). The molecule has 2 aliphatic rings. The molecule has 0 bridgehead atoms. The largest absolute Gasteiger partial charge is 0.342 e. The van der Waals surface area contributed by atoms with E-state index < -0.39 is 0 Å². The Balaban J connectivity index is 1.26. The van der Waals surface area contributed by atoms with E-state index in [1.165, 1.54) is 5.56 Å². The number of hydrogen-bond acceptors (Lipinski definition) is 5. The van der Waals surface area contributed by atoms with E-state index in [0.29, 0.717) is 18.6 Å². The lowest BCUT2D eigenvalue weighted by molar-refractivity contribution is -0.128. The molecule has 7 heteroatoms. The van der Waals surface area contributed by atoms with Crippen molar-refractivity contribution in [3.63, 3.8) is 0 Å². The quantitative estimate of drug-likeness (QED) is 0.774. The molecule has 0 atom stereocenters. The van der Waals surface area contributed by atoms with E-state index in [9.17, 15) is 4.79 Å². The van der Waals surface area contributed by atoms with Crippen molar-refractivity contribution in [2.24, 2.45) is 5.41 Å². The lowest BCUT2D eigenvalue weighted by Gasteiger charge is -2.38. The van der Waals surface area contributed by atoms with E-state index in [1.807, 2.05) is 23.1 Å². The maximum Gasteiger partial charge on any atom is 0.227 e. The van der Waals surface area contributed by atoms with Crippen molar-refractivity contribution in [2.45, 2.75) is 25.8 Å². The van der Waals surface area contributed by atoms with Gasteiger partial charge in [0, 0.05) is 38.0 Å². The van der Waals surface area contributed by atoms with Crippen LogP contribution < -0.4 is 4.90 Å². The molecule has 2 aromatic heterocycles. The lowest BCUT2D eigenvalue weighted by atomic mass is 9.77. The summed E-state index contributed by atoms with van der Waals surface area (Å²) >= 11 is 0. The molecule has 0 radical (unpaired) electrons. The zero-order valence-corrected chi connectivity index (χ0v) is 15.1. The number of anilines is 1. The van der Waals surface area contributed by atoms with E-state index in [0.717, 1.165) is 43.9 Å². The summed E-state index contributed by atoms with van der Waals surface area (Å²) in [5.41, 5.74) is 2.84. The number of hydrogen-bond donors (Lipinski definition) is 1. The Hall–Kier alpha value is -2.96. The zero-order valence-electron chi connectivity index (χ0n) is 15.1. The molecule has 7 nitrogen and oxygen atoms in total. The van der Waals surface area contributed by atoms with Crippen LogP contribution in [0.15, 0.2) is 42.9 Å². The van der Waals surface area contributed by atoms with Crippen molar-refractivity contribution in [1.82, 2.24) is 24.8 Å². The molecule has 2 saturated heterocycles. The van der Waals surface area contributed by atoms with Crippen LogP contribution in [-0.4, -0.2) is 50.4 Å². The van der Waals surface area contributed by atoms with Crippen molar-refractivity contribution in [3.05, 3.63) is 48.4 Å². The number of imidazole rings is 1. The van der Waals surface area contributed by atoms with Gasteiger partial charge in [0.2, 0.25) is 11.9 Å². The number of carbonyl (C=O) groups is 1.